The summed E-state index contributed by atoms with van der Waals surface area (Å²) in [7, 11) is 1.78. The molecule has 0 spiro atoms. The second-order valence-electron chi connectivity index (χ2n) is 7.57. The maximum Gasteiger partial charge on any atom is 0.259 e. The molecule has 3 aromatic heterocycles. The van der Waals surface area contributed by atoms with Crippen LogP contribution < -0.4 is 4.74 Å². The van der Waals surface area contributed by atoms with Gasteiger partial charge in [-0.1, -0.05) is 17.3 Å². The number of fused-ring (bicyclic) bond motifs is 1. The van der Waals surface area contributed by atoms with Gasteiger partial charge >= 0.3 is 0 Å². The number of pyridine rings is 1. The van der Waals surface area contributed by atoms with E-state index in [-0.39, 0.29) is 5.91 Å². The number of aromatic nitrogens is 2. The van der Waals surface area contributed by atoms with Crippen LogP contribution in [0.2, 0.25) is 0 Å². The summed E-state index contributed by atoms with van der Waals surface area (Å²) in [4.78, 5) is 19.7. The monoisotopic (exact) mass is 419 g/mol. The zero-order chi connectivity index (χ0) is 22.1. The second-order valence-corrected chi connectivity index (χ2v) is 7.57. The zero-order valence-corrected chi connectivity index (χ0v) is 18.4. The highest BCUT2D eigenvalue weighted by molar-refractivity contribution is 6.06. The molecule has 0 fully saturated rings. The first-order chi connectivity index (χ1) is 14.9. The molecular weight excluding hydrogens is 394 g/mol. The molecule has 7 nitrogen and oxygen atoms in total. The summed E-state index contributed by atoms with van der Waals surface area (Å²) >= 11 is 0. The molecule has 0 radical (unpaired) electrons. The van der Waals surface area contributed by atoms with Crippen molar-refractivity contribution >= 4 is 17.0 Å². The van der Waals surface area contributed by atoms with Crippen molar-refractivity contribution < 1.29 is 18.5 Å². The predicted octanol–water partition coefficient (Wildman–Crippen LogP) is 5.08. The highest BCUT2D eigenvalue weighted by atomic mass is 16.5. The maximum atomic E-state index is 13.4. The minimum atomic E-state index is -0.133. The molecule has 4 aromatic rings. The number of ether oxygens (including phenoxy) is 1. The molecule has 1 aromatic carbocycles. The lowest BCUT2D eigenvalue weighted by molar-refractivity contribution is 0.0787. The van der Waals surface area contributed by atoms with E-state index in [1.54, 1.807) is 18.0 Å². The average Bonchev–Trinajstić information content (AvgIpc) is 3.29. The molecule has 4 rings (SSSR count). The largest absolute Gasteiger partial charge is 0.494 e. The van der Waals surface area contributed by atoms with E-state index in [1.165, 1.54) is 0 Å². The lowest BCUT2D eigenvalue weighted by Gasteiger charge is -2.18. The van der Waals surface area contributed by atoms with Crippen molar-refractivity contribution in [1.29, 1.82) is 0 Å². The first-order valence-electron chi connectivity index (χ1n) is 10.2. The van der Waals surface area contributed by atoms with Gasteiger partial charge in [0.2, 0.25) is 0 Å². The van der Waals surface area contributed by atoms with Gasteiger partial charge in [0.15, 0.2) is 0 Å². The number of rotatable bonds is 6. The van der Waals surface area contributed by atoms with Crippen molar-refractivity contribution in [2.75, 3.05) is 13.7 Å². The van der Waals surface area contributed by atoms with Crippen molar-refractivity contribution in [3.63, 3.8) is 0 Å². The normalized spacial score (nSPS) is 11.1. The van der Waals surface area contributed by atoms with Gasteiger partial charge in [-0.15, -0.1) is 0 Å². The average molecular weight is 419 g/mol. The van der Waals surface area contributed by atoms with Gasteiger partial charge in [0.05, 0.1) is 28.9 Å². The Morgan fingerprint density at radius 2 is 1.87 bits per heavy atom. The summed E-state index contributed by atoms with van der Waals surface area (Å²) in [5.41, 5.74) is 3.93. The van der Waals surface area contributed by atoms with Crippen LogP contribution >= 0.6 is 0 Å². The molecule has 0 aliphatic heterocycles. The standard InChI is InChI=1S/C24H25N3O4/c1-6-29-18-9-7-17(8-10-18)13-27(5)24(28)20-12-21(19-11-14(2)30-16(19)4)25-23-22(20)15(3)26-31-23/h7-12H,6,13H2,1-5H3. The fourth-order valence-corrected chi connectivity index (χ4v) is 3.70. The zero-order valence-electron chi connectivity index (χ0n) is 18.4. The van der Waals surface area contributed by atoms with Crippen LogP contribution in [0.5, 0.6) is 5.75 Å². The van der Waals surface area contributed by atoms with Crippen molar-refractivity contribution in [1.82, 2.24) is 15.0 Å². The first kappa shape index (κ1) is 20.7. The molecule has 0 N–H and O–H groups in total. The lowest BCUT2D eigenvalue weighted by atomic mass is 10.0. The Labute approximate surface area is 180 Å². The van der Waals surface area contributed by atoms with Gasteiger partial charge in [-0.25, -0.2) is 4.98 Å². The molecule has 0 aliphatic carbocycles. The van der Waals surface area contributed by atoms with Crippen molar-refractivity contribution in [2.45, 2.75) is 34.2 Å². The third kappa shape index (κ3) is 4.03. The van der Waals surface area contributed by atoms with Gasteiger partial charge in [0.1, 0.15) is 17.3 Å². The van der Waals surface area contributed by atoms with Crippen molar-refractivity contribution in [2.24, 2.45) is 0 Å². The Balaban J connectivity index is 1.69. The third-order valence-electron chi connectivity index (χ3n) is 5.17. The molecule has 7 heteroatoms. The van der Waals surface area contributed by atoms with Crippen LogP contribution in [-0.2, 0) is 6.54 Å². The molecule has 3 heterocycles. The number of benzene rings is 1. The molecule has 0 atom stereocenters. The quantitative estimate of drug-likeness (QED) is 0.434. The number of carbonyl (C=O) groups excluding carboxylic acids is 1. The van der Waals surface area contributed by atoms with Gasteiger partial charge in [-0.3, -0.25) is 4.79 Å². The van der Waals surface area contributed by atoms with Gasteiger partial charge in [-0.2, -0.15) is 0 Å². The highest BCUT2D eigenvalue weighted by Crippen LogP contribution is 2.31. The topological polar surface area (TPSA) is 81.6 Å². The second kappa shape index (κ2) is 8.26. The van der Waals surface area contributed by atoms with Gasteiger partial charge in [0.25, 0.3) is 11.6 Å². The number of carbonyl (C=O) groups is 1. The first-order valence-corrected chi connectivity index (χ1v) is 10.2. The Bertz CT molecular complexity index is 1240. The molecule has 0 bridgehead atoms. The molecule has 0 saturated heterocycles. The summed E-state index contributed by atoms with van der Waals surface area (Å²) in [5.74, 6) is 2.20. The molecule has 31 heavy (non-hydrogen) atoms. The molecule has 1 amide bonds. The van der Waals surface area contributed by atoms with Crippen LogP contribution in [-0.4, -0.2) is 34.6 Å². The van der Waals surface area contributed by atoms with Crippen LogP contribution in [0, 0.1) is 20.8 Å². The van der Waals surface area contributed by atoms with Gasteiger partial charge < -0.3 is 18.6 Å². The van der Waals surface area contributed by atoms with E-state index in [4.69, 9.17) is 13.7 Å². The van der Waals surface area contributed by atoms with Crippen LogP contribution in [0.15, 0.2) is 45.3 Å². The Morgan fingerprint density at radius 1 is 1.13 bits per heavy atom. The fraction of sp³-hybridized carbons (Fsp3) is 0.292. The van der Waals surface area contributed by atoms with Crippen LogP contribution in [0.4, 0.5) is 0 Å². The number of aryl methyl sites for hydroxylation is 3. The van der Waals surface area contributed by atoms with E-state index in [1.807, 2.05) is 58.0 Å². The summed E-state index contributed by atoms with van der Waals surface area (Å²) in [6.45, 7) is 8.58. The van der Waals surface area contributed by atoms with Gasteiger partial charge in [-0.05, 0) is 57.5 Å². The minimum absolute atomic E-state index is 0.133. The molecule has 0 unspecified atom stereocenters. The van der Waals surface area contributed by atoms with Crippen molar-refractivity contribution in [3.05, 3.63) is 64.7 Å². The van der Waals surface area contributed by atoms with Gasteiger partial charge in [0, 0.05) is 19.2 Å². The lowest BCUT2D eigenvalue weighted by Crippen LogP contribution is -2.26. The fourth-order valence-electron chi connectivity index (χ4n) is 3.70. The Morgan fingerprint density at radius 3 is 2.52 bits per heavy atom. The van der Waals surface area contributed by atoms with Crippen LogP contribution in [0.1, 0.15) is 40.1 Å². The Kier molecular flexibility index (Phi) is 5.50. The molecule has 0 saturated carbocycles. The van der Waals surface area contributed by atoms with E-state index in [2.05, 4.69) is 10.1 Å². The van der Waals surface area contributed by atoms with E-state index < -0.39 is 0 Å². The predicted molar refractivity (Wildman–Crippen MR) is 117 cm³/mol. The number of furan rings is 1. The van der Waals surface area contributed by atoms with E-state index in [9.17, 15) is 4.79 Å². The minimum Gasteiger partial charge on any atom is -0.494 e. The summed E-state index contributed by atoms with van der Waals surface area (Å²) in [6.07, 6.45) is 0. The van der Waals surface area contributed by atoms with E-state index in [0.717, 1.165) is 28.4 Å². The summed E-state index contributed by atoms with van der Waals surface area (Å²) < 4.78 is 16.5. The van der Waals surface area contributed by atoms with Crippen LogP contribution in [0.25, 0.3) is 22.4 Å². The summed E-state index contributed by atoms with van der Waals surface area (Å²) in [6, 6.07) is 11.4. The SMILES string of the molecule is CCOc1ccc(CN(C)C(=O)c2cc(-c3cc(C)oc3C)nc3onc(C)c23)cc1. The molecule has 0 aliphatic rings. The van der Waals surface area contributed by atoms with E-state index >= 15 is 0 Å². The molecular formula is C24H25N3O4. The summed E-state index contributed by atoms with van der Waals surface area (Å²) in [5, 5.41) is 4.66. The number of amides is 1. The number of hydrogen-bond donors (Lipinski definition) is 0. The smallest absolute Gasteiger partial charge is 0.259 e. The highest BCUT2D eigenvalue weighted by Gasteiger charge is 2.23. The number of hydrogen-bond acceptors (Lipinski definition) is 6. The maximum absolute atomic E-state index is 13.4. The number of nitrogens with zero attached hydrogens (tertiary/aromatic N) is 3. The third-order valence-corrected chi connectivity index (χ3v) is 5.17. The van der Waals surface area contributed by atoms with E-state index in [0.29, 0.717) is 41.2 Å². The van der Waals surface area contributed by atoms with Crippen molar-refractivity contribution in [3.8, 4) is 17.0 Å². The molecule has 160 valence electrons. The Hall–Kier alpha value is -3.61. The van der Waals surface area contributed by atoms with Crippen LogP contribution in [0.3, 0.4) is 0 Å².